The zero-order chi connectivity index (χ0) is 19.8. The summed E-state index contributed by atoms with van der Waals surface area (Å²) in [5, 5.41) is 6.05. The van der Waals surface area contributed by atoms with E-state index in [1.54, 1.807) is 0 Å². The van der Waals surface area contributed by atoms with Crippen LogP contribution in [0, 0.1) is 12.8 Å². The van der Waals surface area contributed by atoms with E-state index in [4.69, 9.17) is 21.4 Å². The van der Waals surface area contributed by atoms with E-state index in [1.165, 1.54) is 11.5 Å². The Morgan fingerprint density at radius 1 is 1.36 bits per heavy atom. The van der Waals surface area contributed by atoms with Crippen LogP contribution in [-0.4, -0.2) is 32.3 Å². The fraction of sp³-hybridized carbons (Fsp3) is 0.421. The van der Waals surface area contributed by atoms with E-state index in [1.807, 2.05) is 16.8 Å². The summed E-state index contributed by atoms with van der Waals surface area (Å²) in [5.41, 5.74) is 4.36. The molecule has 4 rings (SSSR count). The number of anilines is 1. The number of aromatic nitrogens is 4. The Hall–Kier alpha value is -1.64. The molecule has 1 aromatic carbocycles. The number of halogens is 2. The molecule has 9 heteroatoms. The topological polar surface area (TPSA) is 56.1 Å². The molecule has 1 aliphatic heterocycles. The van der Waals surface area contributed by atoms with Crippen molar-refractivity contribution in [3.8, 4) is 11.4 Å². The second kappa shape index (κ2) is 8.00. The highest BCUT2D eigenvalue weighted by atomic mass is 79.9. The van der Waals surface area contributed by atoms with Crippen LogP contribution >= 0.6 is 39.1 Å². The van der Waals surface area contributed by atoms with E-state index < -0.39 is 0 Å². The summed E-state index contributed by atoms with van der Waals surface area (Å²) in [6.07, 6.45) is 0.839. The van der Waals surface area contributed by atoms with Gasteiger partial charge >= 0.3 is 0 Å². The molecular weight excluding hydrogens is 462 g/mol. The highest BCUT2D eigenvalue weighted by Gasteiger charge is 2.27. The number of ether oxygens (including phenoxy) is 1. The molecule has 6 nitrogen and oxygen atoms in total. The van der Waals surface area contributed by atoms with Gasteiger partial charge in [0.15, 0.2) is 0 Å². The van der Waals surface area contributed by atoms with Gasteiger partial charge in [0.05, 0.1) is 12.3 Å². The number of hydrogen-bond acceptors (Lipinski definition) is 6. The van der Waals surface area contributed by atoms with Crippen molar-refractivity contribution >= 4 is 44.2 Å². The molecule has 28 heavy (non-hydrogen) atoms. The Kier molecular flexibility index (Phi) is 5.62. The molecule has 0 unspecified atom stereocenters. The van der Waals surface area contributed by atoms with Crippen molar-refractivity contribution in [2.45, 2.75) is 33.7 Å². The molecule has 148 valence electrons. The highest BCUT2D eigenvalue weighted by molar-refractivity contribution is 9.10. The second-order valence-electron chi connectivity index (χ2n) is 7.27. The third-order valence-corrected chi connectivity index (χ3v) is 6.48. The molecule has 0 atom stereocenters. The maximum atomic E-state index is 6.09. The molecular formula is C19H21BrClN5OS. The highest BCUT2D eigenvalue weighted by Crippen LogP contribution is 2.35. The van der Waals surface area contributed by atoms with Crippen LogP contribution < -0.4 is 9.64 Å². The number of fused-ring (bicyclic) bond motifs is 1. The first-order valence-corrected chi connectivity index (χ1v) is 11.1. The fourth-order valence-electron chi connectivity index (χ4n) is 3.25. The zero-order valence-corrected chi connectivity index (χ0v) is 19.1. The largest absolute Gasteiger partial charge is 0.491 e. The van der Waals surface area contributed by atoms with E-state index in [9.17, 15) is 0 Å². The van der Waals surface area contributed by atoms with Gasteiger partial charge in [-0.15, -0.1) is 0 Å². The van der Waals surface area contributed by atoms with Crippen molar-refractivity contribution in [1.29, 1.82) is 0 Å². The van der Waals surface area contributed by atoms with E-state index >= 15 is 0 Å². The van der Waals surface area contributed by atoms with Crippen LogP contribution in [0.25, 0.3) is 5.69 Å². The average Bonchev–Trinajstić information content (AvgIpc) is 3.23. The summed E-state index contributed by atoms with van der Waals surface area (Å²) >= 11 is 11.0. The minimum atomic E-state index is 0.299. The molecule has 0 bridgehead atoms. The summed E-state index contributed by atoms with van der Waals surface area (Å²) in [7, 11) is 0. The lowest BCUT2D eigenvalue weighted by molar-refractivity contribution is 0.269. The SMILES string of the molecule is Cc1cccc(OCC(C)C)c1-n1nc2c(c1Br)CN(c1nc(Cl)ns1)CC2. The van der Waals surface area contributed by atoms with E-state index in [2.05, 4.69) is 57.0 Å². The molecule has 0 amide bonds. The lowest BCUT2D eigenvalue weighted by atomic mass is 10.1. The number of rotatable bonds is 5. The molecule has 0 spiro atoms. The first-order chi connectivity index (χ1) is 13.4. The number of hydrogen-bond donors (Lipinski definition) is 0. The molecule has 0 fully saturated rings. The fourth-order valence-corrected chi connectivity index (χ4v) is 4.70. The number of nitrogens with zero attached hydrogens (tertiary/aromatic N) is 5. The maximum Gasteiger partial charge on any atom is 0.236 e. The van der Waals surface area contributed by atoms with Gasteiger partial charge < -0.3 is 9.64 Å². The predicted octanol–water partition coefficient (Wildman–Crippen LogP) is 5.05. The second-order valence-corrected chi connectivity index (χ2v) is 9.09. The van der Waals surface area contributed by atoms with Crippen molar-refractivity contribution in [1.82, 2.24) is 19.1 Å². The van der Waals surface area contributed by atoms with Gasteiger partial charge in [0.2, 0.25) is 10.4 Å². The third kappa shape index (κ3) is 3.77. The van der Waals surface area contributed by atoms with Gasteiger partial charge in [0, 0.05) is 36.6 Å². The van der Waals surface area contributed by atoms with Crippen LogP contribution in [0.3, 0.4) is 0 Å². The van der Waals surface area contributed by atoms with Crippen molar-refractivity contribution in [3.05, 3.63) is 44.9 Å². The van der Waals surface area contributed by atoms with Crippen molar-refractivity contribution < 1.29 is 4.74 Å². The predicted molar refractivity (Wildman–Crippen MR) is 116 cm³/mol. The van der Waals surface area contributed by atoms with Gasteiger partial charge in [-0.3, -0.25) is 0 Å². The smallest absolute Gasteiger partial charge is 0.236 e. The lowest BCUT2D eigenvalue weighted by Gasteiger charge is -2.25. The van der Waals surface area contributed by atoms with Crippen LogP contribution in [-0.2, 0) is 13.0 Å². The van der Waals surface area contributed by atoms with Gasteiger partial charge in [-0.2, -0.15) is 14.5 Å². The monoisotopic (exact) mass is 481 g/mol. The summed E-state index contributed by atoms with van der Waals surface area (Å²) in [5.74, 6) is 1.30. The van der Waals surface area contributed by atoms with Crippen LogP contribution in [0.5, 0.6) is 5.75 Å². The molecule has 3 aromatic rings. The van der Waals surface area contributed by atoms with Crippen LogP contribution in [0.2, 0.25) is 5.28 Å². The number of para-hydroxylation sites is 1. The van der Waals surface area contributed by atoms with Gasteiger partial charge in [0.1, 0.15) is 16.0 Å². The Bertz CT molecular complexity index is 1000. The van der Waals surface area contributed by atoms with Gasteiger partial charge in [-0.25, -0.2) is 4.68 Å². The number of benzene rings is 1. The molecule has 2 aromatic heterocycles. The van der Waals surface area contributed by atoms with Crippen molar-refractivity contribution in [2.75, 3.05) is 18.1 Å². The minimum Gasteiger partial charge on any atom is -0.491 e. The van der Waals surface area contributed by atoms with E-state index in [0.717, 1.165) is 57.5 Å². The first kappa shape index (κ1) is 19.7. The van der Waals surface area contributed by atoms with E-state index in [-0.39, 0.29) is 0 Å². The van der Waals surface area contributed by atoms with Crippen LogP contribution in [0.1, 0.15) is 30.7 Å². The van der Waals surface area contributed by atoms with Crippen LogP contribution in [0.15, 0.2) is 22.8 Å². The Morgan fingerprint density at radius 2 is 2.18 bits per heavy atom. The zero-order valence-electron chi connectivity index (χ0n) is 15.9. The summed E-state index contributed by atoms with van der Waals surface area (Å²) in [4.78, 5) is 6.50. The number of aryl methyl sites for hydroxylation is 1. The quantitative estimate of drug-likeness (QED) is 0.509. The third-order valence-electron chi connectivity index (χ3n) is 4.62. The Balaban J connectivity index is 1.70. The molecule has 0 N–H and O–H groups in total. The normalized spacial score (nSPS) is 13.9. The molecule has 0 saturated carbocycles. The van der Waals surface area contributed by atoms with Gasteiger partial charge in [-0.1, -0.05) is 26.0 Å². The average molecular weight is 483 g/mol. The first-order valence-electron chi connectivity index (χ1n) is 9.17. The van der Waals surface area contributed by atoms with Gasteiger partial charge in [-0.05, 0) is 52.0 Å². The Morgan fingerprint density at radius 3 is 2.89 bits per heavy atom. The standard InChI is InChI=1S/C19H21BrClN5OS/c1-11(2)10-27-15-6-4-5-12(3)16(15)26-17(20)13-9-25(8-7-14(13)23-26)19-22-18(21)24-28-19/h4-6,11H,7-10H2,1-3H3. The summed E-state index contributed by atoms with van der Waals surface area (Å²) in [6.45, 7) is 8.60. The van der Waals surface area contributed by atoms with Crippen LogP contribution in [0.4, 0.5) is 5.13 Å². The lowest BCUT2D eigenvalue weighted by Crippen LogP contribution is -2.30. The maximum absolute atomic E-state index is 6.09. The van der Waals surface area contributed by atoms with Crippen molar-refractivity contribution in [2.24, 2.45) is 5.92 Å². The minimum absolute atomic E-state index is 0.299. The van der Waals surface area contributed by atoms with Gasteiger partial charge in [0.25, 0.3) is 0 Å². The van der Waals surface area contributed by atoms with E-state index in [0.29, 0.717) is 17.8 Å². The molecule has 0 aliphatic carbocycles. The molecule has 3 heterocycles. The molecule has 0 saturated heterocycles. The van der Waals surface area contributed by atoms with Crippen molar-refractivity contribution in [3.63, 3.8) is 0 Å². The summed E-state index contributed by atoms with van der Waals surface area (Å²) in [6, 6.07) is 6.11. The summed E-state index contributed by atoms with van der Waals surface area (Å²) < 4.78 is 13.1. The molecule has 0 radical (unpaired) electrons. The molecule has 1 aliphatic rings. The Labute approximate surface area is 181 Å².